The Morgan fingerprint density at radius 2 is 1.50 bits per heavy atom. The van der Waals surface area contributed by atoms with Gasteiger partial charge in [0.05, 0.1) is 78.7 Å². The normalized spacial score (nSPS) is 54.2. The maximum atomic E-state index is 11.9. The first-order valence-electron chi connectivity index (χ1n) is 23.3. The Bertz CT molecular complexity index is 1550. The van der Waals surface area contributed by atoms with Gasteiger partial charge in [-0.2, -0.15) is 0 Å². The first kappa shape index (κ1) is 48.8. The van der Waals surface area contributed by atoms with Gasteiger partial charge in [0, 0.05) is 70.7 Å². The van der Waals surface area contributed by atoms with Gasteiger partial charge in [-0.25, -0.2) is 0 Å². The summed E-state index contributed by atoms with van der Waals surface area (Å²) in [7, 11) is 4.75. The van der Waals surface area contributed by atoms with Crippen molar-refractivity contribution in [3.05, 3.63) is 0 Å². The maximum Gasteiger partial charge on any atom is 0.308 e. The number of aliphatic hydroxyl groups excluding tert-OH is 1. The molecule has 0 aliphatic carbocycles. The molecule has 23 atom stereocenters. The second-order valence-corrected chi connectivity index (χ2v) is 20.9. The summed E-state index contributed by atoms with van der Waals surface area (Å²) in [6, 6.07) is 0. The van der Waals surface area contributed by atoms with Crippen molar-refractivity contribution in [2.75, 3.05) is 21.3 Å². The predicted octanol–water partition coefficient (Wildman–Crippen LogP) is 4.69. The number of rotatable bonds is 12. The van der Waals surface area contributed by atoms with Crippen molar-refractivity contribution in [2.45, 2.75) is 235 Å². The number of methoxy groups -OCH3 is 3. The summed E-state index contributed by atoms with van der Waals surface area (Å²) in [6.07, 6.45) is -0.980. The lowest BCUT2D eigenvalue weighted by Gasteiger charge is -2.53. The standard InChI is InChI=1S/C46H78O16/c1-23-19-24(2)44(9,50)59-36(23)31-20-32(56-35-14-13-30(52-10)28(6)55-35)41(57-31)43(8)16-15-33(58-43)42(7)17-18-45(62-42)21-29(47)25(3)37(60-45)26(4)38-40(54-12)39(53-11)27(5)46(51,61-38)22-34(48)49/h23-33,35-41,47,50-51H,13-22H2,1-12H3,(H,48,49)/t23-,24+,25+,26+,27-,28-,29-,30+,31+,32-,33+,35-,36-,37-,38-,39-,40-,41+,42-,43-,44-,45+,46+/m0/s1. The zero-order valence-electron chi connectivity index (χ0n) is 39.2. The number of carboxylic acid groups (broad SMARTS) is 1. The van der Waals surface area contributed by atoms with E-state index >= 15 is 0 Å². The van der Waals surface area contributed by atoms with Crippen LogP contribution in [0.5, 0.6) is 0 Å². The van der Waals surface area contributed by atoms with E-state index in [1.807, 2.05) is 27.7 Å². The molecule has 0 aromatic rings. The summed E-state index contributed by atoms with van der Waals surface area (Å²) in [5, 5.41) is 44.2. The third-order valence-corrected chi connectivity index (χ3v) is 16.5. The third-order valence-electron chi connectivity index (χ3n) is 16.5. The second-order valence-electron chi connectivity index (χ2n) is 20.9. The predicted molar refractivity (Wildman–Crippen MR) is 222 cm³/mol. The number of ether oxygens (including phenoxy) is 11. The molecule has 4 N–H and O–H groups in total. The van der Waals surface area contributed by atoms with Gasteiger partial charge in [0.15, 0.2) is 23.7 Å². The van der Waals surface area contributed by atoms with E-state index in [1.54, 1.807) is 21.0 Å². The highest BCUT2D eigenvalue weighted by molar-refractivity contribution is 5.68. The van der Waals surface area contributed by atoms with Crippen molar-refractivity contribution < 1.29 is 77.3 Å². The molecule has 0 aromatic heterocycles. The lowest BCUT2D eigenvalue weighted by molar-refractivity contribution is -0.365. The van der Waals surface area contributed by atoms with Crippen molar-refractivity contribution in [3.8, 4) is 0 Å². The average molecular weight is 887 g/mol. The third kappa shape index (κ3) is 9.15. The van der Waals surface area contributed by atoms with Crippen molar-refractivity contribution in [1.82, 2.24) is 0 Å². The second kappa shape index (κ2) is 18.2. The van der Waals surface area contributed by atoms with Crippen LogP contribution in [0, 0.1) is 29.6 Å². The monoisotopic (exact) mass is 887 g/mol. The summed E-state index contributed by atoms with van der Waals surface area (Å²) < 4.78 is 71.5. The molecule has 7 fully saturated rings. The number of aliphatic hydroxyl groups is 3. The quantitative estimate of drug-likeness (QED) is 0.210. The molecule has 358 valence electrons. The first-order valence-corrected chi connectivity index (χ1v) is 23.3. The first-order chi connectivity index (χ1) is 29.0. The van der Waals surface area contributed by atoms with Crippen LogP contribution in [0.4, 0.5) is 0 Å². The number of aliphatic carboxylic acids is 1. The van der Waals surface area contributed by atoms with E-state index in [0.29, 0.717) is 38.5 Å². The molecule has 16 heteroatoms. The summed E-state index contributed by atoms with van der Waals surface area (Å²) in [6.45, 7) is 17.6. The lowest BCUT2D eigenvalue weighted by atomic mass is 9.75. The molecule has 7 saturated heterocycles. The van der Waals surface area contributed by atoms with Crippen LogP contribution in [-0.4, -0.2) is 156 Å². The van der Waals surface area contributed by atoms with Gasteiger partial charge in [-0.1, -0.05) is 34.6 Å². The van der Waals surface area contributed by atoms with E-state index in [1.165, 1.54) is 14.2 Å². The van der Waals surface area contributed by atoms with Crippen LogP contribution in [-0.2, 0) is 56.9 Å². The van der Waals surface area contributed by atoms with Crippen LogP contribution in [0.3, 0.4) is 0 Å². The summed E-state index contributed by atoms with van der Waals surface area (Å²) in [5.74, 6) is -7.06. The number of hydrogen-bond donors (Lipinski definition) is 4. The minimum absolute atomic E-state index is 0.000283. The molecule has 0 aromatic carbocycles. The van der Waals surface area contributed by atoms with E-state index in [-0.39, 0.29) is 60.8 Å². The van der Waals surface area contributed by atoms with Gasteiger partial charge in [0.2, 0.25) is 0 Å². The van der Waals surface area contributed by atoms with Crippen LogP contribution in [0.15, 0.2) is 0 Å². The number of carboxylic acids is 1. The molecule has 0 unspecified atom stereocenters. The van der Waals surface area contributed by atoms with Gasteiger partial charge in [0.25, 0.3) is 0 Å². The maximum absolute atomic E-state index is 11.9. The molecule has 0 amide bonds. The Morgan fingerprint density at radius 3 is 2.15 bits per heavy atom. The van der Waals surface area contributed by atoms with Crippen molar-refractivity contribution >= 4 is 5.97 Å². The summed E-state index contributed by atoms with van der Waals surface area (Å²) in [4.78, 5) is 11.9. The van der Waals surface area contributed by atoms with Crippen molar-refractivity contribution in [3.63, 3.8) is 0 Å². The van der Waals surface area contributed by atoms with E-state index in [0.717, 1.165) is 12.8 Å². The highest BCUT2D eigenvalue weighted by Crippen LogP contribution is 2.55. The van der Waals surface area contributed by atoms with Crippen LogP contribution in [0.25, 0.3) is 0 Å². The zero-order valence-corrected chi connectivity index (χ0v) is 39.2. The topological polar surface area (TPSA) is 200 Å². The van der Waals surface area contributed by atoms with Crippen LogP contribution in [0.1, 0.15) is 127 Å². The van der Waals surface area contributed by atoms with E-state index in [9.17, 15) is 25.2 Å². The van der Waals surface area contributed by atoms with E-state index in [4.69, 9.17) is 52.1 Å². The molecular formula is C46H78O16. The molecule has 7 heterocycles. The van der Waals surface area contributed by atoms with Gasteiger partial charge in [-0.15, -0.1) is 0 Å². The Labute approximate surface area is 368 Å². The SMILES string of the molecule is CO[C@@H]1[C@@H](OC)[C@H](C)[C@@](O)(CC(=O)O)O[C@H]1[C@H](C)[C@H]1O[C@@]2(CC[C@@](C)([C@H]3CC[C@@](C)([C@@H]4O[C@@H]([C@H]5O[C@](C)(O)[C@H](C)C[C@@H]5C)C[C@@H]4O[C@H]4CC[C@@H](OC)[C@H](C)O4)O3)O2)C[C@H](O)[C@H]1C. The fourth-order valence-corrected chi connectivity index (χ4v) is 12.3. The zero-order chi connectivity index (χ0) is 45.3. The Balaban J connectivity index is 1.08. The number of carbonyl (C=O) groups is 1. The van der Waals surface area contributed by atoms with Crippen molar-refractivity contribution in [2.24, 2.45) is 29.6 Å². The Kier molecular flexibility index (Phi) is 14.3. The molecule has 7 aliphatic rings. The Hall–Kier alpha value is -1.09. The van der Waals surface area contributed by atoms with E-state index in [2.05, 4.69) is 20.8 Å². The summed E-state index contributed by atoms with van der Waals surface area (Å²) >= 11 is 0. The van der Waals surface area contributed by atoms with Gasteiger partial charge in [0.1, 0.15) is 12.2 Å². The van der Waals surface area contributed by atoms with Gasteiger partial charge in [-0.05, 0) is 65.7 Å². The van der Waals surface area contributed by atoms with Crippen LogP contribution >= 0.6 is 0 Å². The average Bonchev–Trinajstić information content (AvgIpc) is 3.91. The fraction of sp³-hybridized carbons (Fsp3) is 0.978. The molecule has 7 aliphatic heterocycles. The van der Waals surface area contributed by atoms with Gasteiger partial charge in [-0.3, -0.25) is 4.79 Å². The smallest absolute Gasteiger partial charge is 0.308 e. The highest BCUT2D eigenvalue weighted by Gasteiger charge is 2.63. The van der Waals surface area contributed by atoms with Crippen LogP contribution < -0.4 is 0 Å². The molecule has 16 nitrogen and oxygen atoms in total. The summed E-state index contributed by atoms with van der Waals surface area (Å²) in [5.41, 5.74) is -1.54. The molecule has 1 spiro atoms. The molecule has 7 rings (SSSR count). The Morgan fingerprint density at radius 1 is 0.790 bits per heavy atom. The number of hydrogen-bond acceptors (Lipinski definition) is 15. The molecule has 0 radical (unpaired) electrons. The van der Waals surface area contributed by atoms with E-state index < -0.39 is 95.7 Å². The molecule has 0 saturated carbocycles. The molecule has 62 heavy (non-hydrogen) atoms. The molecular weight excluding hydrogens is 808 g/mol. The van der Waals surface area contributed by atoms with Crippen LogP contribution in [0.2, 0.25) is 0 Å². The van der Waals surface area contributed by atoms with Gasteiger partial charge < -0.3 is 72.5 Å². The molecule has 0 bridgehead atoms. The van der Waals surface area contributed by atoms with Crippen molar-refractivity contribution in [1.29, 1.82) is 0 Å². The lowest BCUT2D eigenvalue weighted by Crippen LogP contribution is -2.65. The highest BCUT2D eigenvalue weighted by atomic mass is 16.7. The fourth-order valence-electron chi connectivity index (χ4n) is 12.3. The minimum Gasteiger partial charge on any atom is -0.481 e. The largest absolute Gasteiger partial charge is 0.481 e. The van der Waals surface area contributed by atoms with Gasteiger partial charge >= 0.3 is 5.97 Å². The minimum atomic E-state index is -2.02.